The summed E-state index contributed by atoms with van der Waals surface area (Å²) < 4.78 is 8.01. The van der Waals surface area contributed by atoms with E-state index in [9.17, 15) is 0 Å². The molecule has 0 unspecified atom stereocenters. The van der Waals surface area contributed by atoms with Gasteiger partial charge < -0.3 is 9.64 Å². The second kappa shape index (κ2) is 3.49. The van der Waals surface area contributed by atoms with Crippen LogP contribution in [0.4, 0.5) is 5.69 Å². The lowest BCUT2D eigenvalue weighted by Gasteiger charge is -2.27. The van der Waals surface area contributed by atoms with Gasteiger partial charge in [-0.2, -0.15) is 5.10 Å². The van der Waals surface area contributed by atoms with Crippen LogP contribution in [0.1, 0.15) is 0 Å². The fourth-order valence-electron chi connectivity index (χ4n) is 1.77. The van der Waals surface area contributed by atoms with E-state index in [1.54, 1.807) is 10.7 Å². The van der Waals surface area contributed by atoms with E-state index in [0.29, 0.717) is 23.2 Å². The second-order valence-corrected chi connectivity index (χ2v) is 4.73. The van der Waals surface area contributed by atoms with E-state index in [0.717, 1.165) is 16.8 Å². The molecule has 0 aliphatic carbocycles. The molecule has 0 amide bonds. The highest BCUT2D eigenvalue weighted by Crippen LogP contribution is 2.39. The molecule has 0 fully saturated rings. The number of imidazole rings is 1. The first-order valence-corrected chi connectivity index (χ1v) is 5.92. The molecule has 84 valence electrons. The van der Waals surface area contributed by atoms with Crippen molar-refractivity contribution in [3.63, 3.8) is 0 Å². The Bertz CT molecular complexity index is 570. The lowest BCUT2D eigenvalue weighted by atomic mass is 10.3. The van der Waals surface area contributed by atoms with Gasteiger partial charge in [0.05, 0.1) is 12.7 Å². The molecule has 3 heterocycles. The maximum absolute atomic E-state index is 6.14. The fourth-order valence-corrected chi connectivity index (χ4v) is 2.43. The molecule has 2 aromatic heterocycles. The number of fused-ring (bicyclic) bond motifs is 3. The number of rotatable bonds is 0. The molecule has 0 saturated carbocycles. The fraction of sp³-hybridized carbons (Fsp3) is 0.333. The highest BCUT2D eigenvalue weighted by molar-refractivity contribution is 9.10. The molecule has 0 saturated heterocycles. The Morgan fingerprint density at radius 3 is 3.19 bits per heavy atom. The van der Waals surface area contributed by atoms with Crippen molar-refractivity contribution in [2.75, 3.05) is 25.1 Å². The van der Waals surface area contributed by atoms with Crippen molar-refractivity contribution in [3.05, 3.63) is 16.0 Å². The quantitative estimate of drug-likeness (QED) is 0.746. The van der Waals surface area contributed by atoms with Crippen LogP contribution in [-0.4, -0.2) is 34.8 Å². The van der Waals surface area contributed by atoms with E-state index in [1.807, 2.05) is 11.9 Å². The zero-order valence-electron chi connectivity index (χ0n) is 8.44. The number of halogens is 2. The van der Waals surface area contributed by atoms with Gasteiger partial charge in [-0.1, -0.05) is 11.6 Å². The lowest BCUT2D eigenvalue weighted by Crippen LogP contribution is -2.30. The molecule has 0 atom stereocenters. The molecule has 0 aromatic carbocycles. The zero-order chi connectivity index (χ0) is 11.3. The van der Waals surface area contributed by atoms with Crippen LogP contribution in [0, 0.1) is 0 Å². The average Bonchev–Trinajstić information content (AvgIpc) is 2.61. The monoisotopic (exact) mass is 302 g/mol. The number of likely N-dealkylation sites (N-methyl/N-ethyl adjacent to an activating group) is 1. The van der Waals surface area contributed by atoms with Crippen molar-refractivity contribution in [2.45, 2.75) is 0 Å². The van der Waals surface area contributed by atoms with E-state index in [2.05, 4.69) is 26.0 Å². The van der Waals surface area contributed by atoms with Gasteiger partial charge in [0.2, 0.25) is 0 Å². The van der Waals surface area contributed by atoms with Gasteiger partial charge in [-0.15, -0.1) is 0 Å². The van der Waals surface area contributed by atoms with Gasteiger partial charge >= 0.3 is 0 Å². The molecule has 1 aliphatic rings. The van der Waals surface area contributed by atoms with Crippen LogP contribution in [0.25, 0.3) is 5.65 Å². The minimum absolute atomic E-state index is 0.420. The number of hydrogen-bond donors (Lipinski definition) is 0. The molecule has 0 bridgehead atoms. The third-order valence-electron chi connectivity index (χ3n) is 2.55. The van der Waals surface area contributed by atoms with Crippen molar-refractivity contribution in [1.82, 2.24) is 14.6 Å². The SMILES string of the molecule is CN1CCOc2c1c(Cl)nn1c(Br)cnc21. The summed E-state index contributed by atoms with van der Waals surface area (Å²) >= 11 is 9.50. The van der Waals surface area contributed by atoms with E-state index in [1.165, 1.54) is 0 Å². The average molecular weight is 304 g/mol. The zero-order valence-corrected chi connectivity index (χ0v) is 10.8. The smallest absolute Gasteiger partial charge is 0.199 e. The highest BCUT2D eigenvalue weighted by Gasteiger charge is 2.24. The van der Waals surface area contributed by atoms with Crippen molar-refractivity contribution in [1.29, 1.82) is 0 Å². The van der Waals surface area contributed by atoms with E-state index >= 15 is 0 Å². The molecular formula is C9H8BrClN4O. The van der Waals surface area contributed by atoms with Gasteiger partial charge in [0.1, 0.15) is 16.9 Å². The Morgan fingerprint density at radius 2 is 2.38 bits per heavy atom. The summed E-state index contributed by atoms with van der Waals surface area (Å²) in [7, 11) is 1.96. The predicted molar refractivity (Wildman–Crippen MR) is 64.5 cm³/mol. The Labute approximate surface area is 105 Å². The van der Waals surface area contributed by atoms with Crippen LogP contribution in [0.15, 0.2) is 10.8 Å². The van der Waals surface area contributed by atoms with Gasteiger partial charge in [0.15, 0.2) is 16.5 Å². The minimum atomic E-state index is 0.420. The lowest BCUT2D eigenvalue weighted by molar-refractivity contribution is 0.312. The summed E-state index contributed by atoms with van der Waals surface area (Å²) in [6.07, 6.45) is 1.68. The van der Waals surface area contributed by atoms with Gasteiger partial charge in [-0.3, -0.25) is 0 Å². The number of ether oxygens (including phenoxy) is 1. The largest absolute Gasteiger partial charge is 0.486 e. The van der Waals surface area contributed by atoms with Gasteiger partial charge in [-0.25, -0.2) is 9.50 Å². The predicted octanol–water partition coefficient (Wildman–Crippen LogP) is 1.97. The summed E-state index contributed by atoms with van der Waals surface area (Å²) in [5.41, 5.74) is 1.48. The highest BCUT2D eigenvalue weighted by atomic mass is 79.9. The summed E-state index contributed by atoms with van der Waals surface area (Å²) in [4.78, 5) is 6.27. The van der Waals surface area contributed by atoms with Crippen LogP contribution in [0.5, 0.6) is 5.75 Å². The first-order valence-electron chi connectivity index (χ1n) is 4.75. The second-order valence-electron chi connectivity index (χ2n) is 3.55. The molecule has 0 spiro atoms. The van der Waals surface area contributed by atoms with Gasteiger partial charge in [-0.05, 0) is 15.9 Å². The molecule has 3 rings (SSSR count). The number of anilines is 1. The molecular weight excluding hydrogens is 295 g/mol. The minimum Gasteiger partial charge on any atom is -0.486 e. The number of hydrogen-bond acceptors (Lipinski definition) is 4. The van der Waals surface area contributed by atoms with Crippen molar-refractivity contribution < 1.29 is 4.74 Å². The molecule has 0 N–H and O–H groups in total. The maximum Gasteiger partial charge on any atom is 0.199 e. The first-order chi connectivity index (χ1) is 7.68. The van der Waals surface area contributed by atoms with Crippen molar-refractivity contribution in [2.24, 2.45) is 0 Å². The molecule has 16 heavy (non-hydrogen) atoms. The van der Waals surface area contributed by atoms with Gasteiger partial charge in [0.25, 0.3) is 0 Å². The summed E-state index contributed by atoms with van der Waals surface area (Å²) in [5, 5.41) is 4.67. The third kappa shape index (κ3) is 1.29. The van der Waals surface area contributed by atoms with E-state index < -0.39 is 0 Å². The Hall–Kier alpha value is -1.01. The number of nitrogens with zero attached hydrogens (tertiary/aromatic N) is 4. The van der Waals surface area contributed by atoms with Gasteiger partial charge in [0, 0.05) is 7.05 Å². The number of aromatic nitrogens is 3. The molecule has 5 nitrogen and oxygen atoms in total. The standard InChI is InChI=1S/C9H8BrClN4O/c1-14-2-3-16-7-6(14)8(11)13-15-5(10)4-12-9(7)15/h4H,2-3H2,1H3. The Kier molecular flexibility index (Phi) is 2.22. The van der Waals surface area contributed by atoms with E-state index in [-0.39, 0.29) is 0 Å². The summed E-state index contributed by atoms with van der Waals surface area (Å²) in [6, 6.07) is 0. The Morgan fingerprint density at radius 1 is 1.56 bits per heavy atom. The normalized spacial score (nSPS) is 15.1. The summed E-state index contributed by atoms with van der Waals surface area (Å²) in [5.74, 6) is 0.694. The van der Waals surface area contributed by atoms with Crippen LogP contribution < -0.4 is 9.64 Å². The van der Waals surface area contributed by atoms with Crippen LogP contribution in [-0.2, 0) is 0 Å². The molecule has 7 heteroatoms. The molecule has 1 aliphatic heterocycles. The molecule has 0 radical (unpaired) electrons. The third-order valence-corrected chi connectivity index (χ3v) is 3.35. The summed E-state index contributed by atoms with van der Waals surface area (Å²) in [6.45, 7) is 1.43. The van der Waals surface area contributed by atoms with Crippen LogP contribution in [0.2, 0.25) is 5.15 Å². The van der Waals surface area contributed by atoms with E-state index in [4.69, 9.17) is 16.3 Å². The topological polar surface area (TPSA) is 42.7 Å². The van der Waals surface area contributed by atoms with Crippen LogP contribution >= 0.6 is 27.5 Å². The first kappa shape index (κ1) is 10.2. The van der Waals surface area contributed by atoms with Crippen molar-refractivity contribution in [3.8, 4) is 5.75 Å². The van der Waals surface area contributed by atoms with Crippen molar-refractivity contribution >= 4 is 38.9 Å². The maximum atomic E-state index is 6.14. The Balaban J connectivity index is 2.39. The van der Waals surface area contributed by atoms with Crippen LogP contribution in [0.3, 0.4) is 0 Å². The molecule has 2 aromatic rings.